The predicted octanol–water partition coefficient (Wildman–Crippen LogP) is 2.75. The lowest BCUT2D eigenvalue weighted by Gasteiger charge is -2.20. The smallest absolute Gasteiger partial charge is 0.222 e. The standard InChI is InChI=1S/C24H31N5O/c1-25-24(27-21-13-15-28(18-21)22-6-3-2-4-7-22)26-16-19-9-11-20(12-10-19)17-29-14-5-8-23(29)30/h2-4,6-7,9-12,21H,5,8,13-18H2,1H3,(H2,25,26,27). The highest BCUT2D eigenvalue weighted by atomic mass is 16.2. The van der Waals surface area contributed by atoms with Crippen LogP contribution in [0.25, 0.3) is 0 Å². The number of hydrogen-bond donors (Lipinski definition) is 2. The molecule has 1 amide bonds. The first kappa shape index (κ1) is 20.3. The molecule has 2 aliphatic heterocycles. The molecule has 0 bridgehead atoms. The van der Waals surface area contributed by atoms with E-state index in [1.807, 2.05) is 11.9 Å². The minimum Gasteiger partial charge on any atom is -0.369 e. The van der Waals surface area contributed by atoms with Gasteiger partial charge in [0.15, 0.2) is 5.96 Å². The van der Waals surface area contributed by atoms with Gasteiger partial charge >= 0.3 is 0 Å². The molecule has 0 aromatic heterocycles. The summed E-state index contributed by atoms with van der Waals surface area (Å²) < 4.78 is 0. The molecular weight excluding hydrogens is 374 g/mol. The first-order valence-electron chi connectivity index (χ1n) is 10.8. The van der Waals surface area contributed by atoms with Crippen LogP contribution in [0.15, 0.2) is 59.6 Å². The van der Waals surface area contributed by atoms with Crippen LogP contribution in [0.1, 0.15) is 30.4 Å². The van der Waals surface area contributed by atoms with Crippen LogP contribution in [0, 0.1) is 0 Å². The lowest BCUT2D eigenvalue weighted by Crippen LogP contribution is -2.44. The van der Waals surface area contributed by atoms with E-state index in [9.17, 15) is 4.79 Å². The van der Waals surface area contributed by atoms with Crippen LogP contribution in [-0.2, 0) is 17.9 Å². The molecule has 0 spiro atoms. The maximum atomic E-state index is 11.8. The molecule has 6 nitrogen and oxygen atoms in total. The SMILES string of the molecule is CN=C(NCc1ccc(CN2CCCC2=O)cc1)NC1CCN(c2ccccc2)C1. The second-order valence-electron chi connectivity index (χ2n) is 8.07. The molecule has 2 heterocycles. The Morgan fingerprint density at radius 1 is 1.07 bits per heavy atom. The Labute approximate surface area is 179 Å². The van der Waals surface area contributed by atoms with Gasteiger partial charge in [-0.15, -0.1) is 0 Å². The Morgan fingerprint density at radius 2 is 1.83 bits per heavy atom. The van der Waals surface area contributed by atoms with E-state index in [1.165, 1.54) is 16.8 Å². The molecule has 0 saturated carbocycles. The predicted molar refractivity (Wildman–Crippen MR) is 121 cm³/mol. The molecule has 2 saturated heterocycles. The zero-order chi connectivity index (χ0) is 20.8. The zero-order valence-corrected chi connectivity index (χ0v) is 17.7. The molecule has 6 heteroatoms. The summed E-state index contributed by atoms with van der Waals surface area (Å²) in [7, 11) is 1.81. The molecule has 30 heavy (non-hydrogen) atoms. The van der Waals surface area contributed by atoms with Gasteiger partial charge in [0.2, 0.25) is 5.91 Å². The van der Waals surface area contributed by atoms with Gasteiger partial charge in [0, 0.05) is 57.9 Å². The molecule has 1 unspecified atom stereocenters. The van der Waals surface area contributed by atoms with Crippen molar-refractivity contribution in [1.82, 2.24) is 15.5 Å². The lowest BCUT2D eigenvalue weighted by atomic mass is 10.1. The van der Waals surface area contributed by atoms with Crippen molar-refractivity contribution >= 4 is 17.6 Å². The van der Waals surface area contributed by atoms with Gasteiger partial charge in [0.1, 0.15) is 0 Å². The maximum absolute atomic E-state index is 11.8. The van der Waals surface area contributed by atoms with E-state index in [4.69, 9.17) is 0 Å². The topological polar surface area (TPSA) is 60.0 Å². The molecule has 2 aliphatic rings. The number of anilines is 1. The summed E-state index contributed by atoms with van der Waals surface area (Å²) in [6.07, 6.45) is 2.77. The molecule has 2 fully saturated rings. The molecule has 0 aliphatic carbocycles. The van der Waals surface area contributed by atoms with Crippen molar-refractivity contribution in [2.24, 2.45) is 4.99 Å². The number of likely N-dealkylation sites (tertiary alicyclic amines) is 1. The van der Waals surface area contributed by atoms with Gasteiger partial charge in [0.25, 0.3) is 0 Å². The van der Waals surface area contributed by atoms with Crippen LogP contribution in [0.3, 0.4) is 0 Å². The third-order valence-corrected chi connectivity index (χ3v) is 5.90. The van der Waals surface area contributed by atoms with Gasteiger partial charge in [-0.2, -0.15) is 0 Å². The lowest BCUT2D eigenvalue weighted by molar-refractivity contribution is -0.128. The molecule has 1 atom stereocenters. The summed E-state index contributed by atoms with van der Waals surface area (Å²) in [5.41, 5.74) is 3.66. The van der Waals surface area contributed by atoms with Crippen LogP contribution in [0.5, 0.6) is 0 Å². The van der Waals surface area contributed by atoms with Crippen molar-refractivity contribution in [2.45, 2.75) is 38.4 Å². The van der Waals surface area contributed by atoms with E-state index in [0.29, 0.717) is 12.5 Å². The van der Waals surface area contributed by atoms with E-state index in [0.717, 1.165) is 51.5 Å². The summed E-state index contributed by atoms with van der Waals surface area (Å²) in [5.74, 6) is 1.11. The van der Waals surface area contributed by atoms with Gasteiger partial charge in [0.05, 0.1) is 0 Å². The fourth-order valence-corrected chi connectivity index (χ4v) is 4.18. The normalized spacial score (nSPS) is 19.4. The van der Waals surface area contributed by atoms with Crippen LogP contribution >= 0.6 is 0 Å². The largest absolute Gasteiger partial charge is 0.369 e. The molecule has 0 radical (unpaired) electrons. The Balaban J connectivity index is 1.24. The van der Waals surface area contributed by atoms with Gasteiger partial charge < -0.3 is 20.4 Å². The number of para-hydroxylation sites is 1. The number of carbonyl (C=O) groups is 1. The number of amides is 1. The Hall–Kier alpha value is -3.02. The Morgan fingerprint density at radius 3 is 2.53 bits per heavy atom. The minimum atomic E-state index is 0.272. The van der Waals surface area contributed by atoms with Crippen molar-refractivity contribution in [3.8, 4) is 0 Å². The van der Waals surface area contributed by atoms with E-state index in [1.54, 1.807) is 0 Å². The maximum Gasteiger partial charge on any atom is 0.222 e. The van der Waals surface area contributed by atoms with Crippen molar-refractivity contribution in [1.29, 1.82) is 0 Å². The van der Waals surface area contributed by atoms with Crippen molar-refractivity contribution in [3.63, 3.8) is 0 Å². The molecule has 2 N–H and O–H groups in total. The average molecular weight is 406 g/mol. The summed E-state index contributed by atoms with van der Waals surface area (Å²) in [6, 6.07) is 19.4. The first-order valence-corrected chi connectivity index (χ1v) is 10.8. The van der Waals surface area contributed by atoms with Crippen LogP contribution < -0.4 is 15.5 Å². The number of aliphatic imine (C=N–C) groups is 1. The Kier molecular flexibility index (Phi) is 6.52. The van der Waals surface area contributed by atoms with E-state index in [-0.39, 0.29) is 5.91 Å². The number of rotatable bonds is 6. The molecule has 158 valence electrons. The number of guanidine groups is 1. The molecule has 4 rings (SSSR count). The van der Waals surface area contributed by atoms with Gasteiger partial charge in [-0.05, 0) is 36.1 Å². The third kappa shape index (κ3) is 5.12. The summed E-state index contributed by atoms with van der Waals surface area (Å²) in [5, 5.41) is 6.98. The number of carbonyl (C=O) groups excluding carboxylic acids is 1. The number of nitrogens with zero attached hydrogens (tertiary/aromatic N) is 3. The van der Waals surface area contributed by atoms with Crippen molar-refractivity contribution < 1.29 is 4.79 Å². The zero-order valence-electron chi connectivity index (χ0n) is 17.7. The van der Waals surface area contributed by atoms with E-state index < -0.39 is 0 Å². The third-order valence-electron chi connectivity index (χ3n) is 5.90. The van der Waals surface area contributed by atoms with Crippen molar-refractivity contribution in [2.75, 3.05) is 31.6 Å². The monoisotopic (exact) mass is 405 g/mol. The highest BCUT2D eigenvalue weighted by molar-refractivity contribution is 5.80. The van der Waals surface area contributed by atoms with Crippen molar-refractivity contribution in [3.05, 3.63) is 65.7 Å². The molecule has 2 aromatic carbocycles. The molecular formula is C24H31N5O. The van der Waals surface area contributed by atoms with Crippen LogP contribution in [0.4, 0.5) is 5.69 Å². The number of benzene rings is 2. The second-order valence-corrected chi connectivity index (χ2v) is 8.07. The highest BCUT2D eigenvalue weighted by Crippen LogP contribution is 2.19. The number of hydrogen-bond acceptors (Lipinski definition) is 3. The summed E-state index contributed by atoms with van der Waals surface area (Å²) in [6.45, 7) is 4.36. The van der Waals surface area contributed by atoms with Gasteiger partial charge in [-0.3, -0.25) is 9.79 Å². The fraction of sp³-hybridized carbons (Fsp3) is 0.417. The van der Waals surface area contributed by atoms with E-state index >= 15 is 0 Å². The average Bonchev–Trinajstić information content (AvgIpc) is 3.42. The van der Waals surface area contributed by atoms with Gasteiger partial charge in [-0.25, -0.2) is 0 Å². The molecule has 2 aromatic rings. The fourth-order valence-electron chi connectivity index (χ4n) is 4.18. The Bertz CT molecular complexity index is 865. The van der Waals surface area contributed by atoms with E-state index in [2.05, 4.69) is 75.1 Å². The first-order chi connectivity index (χ1) is 14.7. The summed E-state index contributed by atoms with van der Waals surface area (Å²) in [4.78, 5) is 20.5. The van der Waals surface area contributed by atoms with Gasteiger partial charge in [-0.1, -0.05) is 42.5 Å². The number of nitrogens with one attached hydrogen (secondary N) is 2. The van der Waals surface area contributed by atoms with Crippen LogP contribution in [-0.4, -0.2) is 49.5 Å². The highest BCUT2D eigenvalue weighted by Gasteiger charge is 2.23. The summed E-state index contributed by atoms with van der Waals surface area (Å²) >= 11 is 0. The minimum absolute atomic E-state index is 0.272. The quantitative estimate of drug-likeness (QED) is 0.573. The van der Waals surface area contributed by atoms with Crippen LogP contribution in [0.2, 0.25) is 0 Å². The second kappa shape index (κ2) is 9.65.